The highest BCUT2D eigenvalue weighted by Gasteiger charge is 2.09. The highest BCUT2D eigenvalue weighted by molar-refractivity contribution is 5.93. The minimum absolute atomic E-state index is 0.327. The molecule has 0 aliphatic heterocycles. The third-order valence-corrected chi connectivity index (χ3v) is 3.48. The molecular weight excluding hydrogens is 308 g/mol. The van der Waals surface area contributed by atoms with Crippen LogP contribution in [-0.2, 0) is 11.3 Å². The zero-order valence-corrected chi connectivity index (χ0v) is 13.9. The number of benzene rings is 2. The van der Waals surface area contributed by atoms with Crippen LogP contribution in [0.25, 0.3) is 0 Å². The highest BCUT2D eigenvalue weighted by atomic mass is 16.5. The van der Waals surface area contributed by atoms with E-state index in [1.54, 1.807) is 25.3 Å². The van der Waals surface area contributed by atoms with Gasteiger partial charge in [-0.25, -0.2) is 9.59 Å². The first kappa shape index (κ1) is 17.3. The molecule has 2 rings (SSSR count). The fraction of sp³-hybridized carbons (Fsp3) is 0.222. The molecule has 0 aliphatic rings. The molecule has 0 heterocycles. The van der Waals surface area contributed by atoms with Gasteiger partial charge in [-0.1, -0.05) is 12.1 Å². The first-order valence-corrected chi connectivity index (χ1v) is 7.40. The first-order valence-electron chi connectivity index (χ1n) is 7.40. The topological polar surface area (TPSA) is 76.7 Å². The van der Waals surface area contributed by atoms with Gasteiger partial charge in [0.05, 0.1) is 19.8 Å². The SMILES string of the molecule is COC(=O)c1ccc(NC(=O)NCc2cccc(OC)c2)c(C)c1. The van der Waals surface area contributed by atoms with Crippen LogP contribution in [0.2, 0.25) is 0 Å². The summed E-state index contributed by atoms with van der Waals surface area (Å²) < 4.78 is 9.82. The molecule has 0 radical (unpaired) electrons. The molecule has 0 unspecified atom stereocenters. The molecule has 2 amide bonds. The third-order valence-electron chi connectivity index (χ3n) is 3.48. The number of nitrogens with one attached hydrogen (secondary N) is 2. The van der Waals surface area contributed by atoms with Crippen molar-refractivity contribution >= 4 is 17.7 Å². The van der Waals surface area contributed by atoms with Crippen LogP contribution in [0.1, 0.15) is 21.5 Å². The second-order valence-electron chi connectivity index (χ2n) is 5.18. The van der Waals surface area contributed by atoms with Gasteiger partial charge >= 0.3 is 12.0 Å². The number of methoxy groups -OCH3 is 2. The van der Waals surface area contributed by atoms with Crippen molar-refractivity contribution in [3.05, 3.63) is 59.2 Å². The Hall–Kier alpha value is -3.02. The Labute approximate surface area is 140 Å². The lowest BCUT2D eigenvalue weighted by molar-refractivity contribution is 0.0600. The molecule has 6 nitrogen and oxygen atoms in total. The molecule has 0 atom stereocenters. The van der Waals surface area contributed by atoms with Crippen LogP contribution in [0.15, 0.2) is 42.5 Å². The quantitative estimate of drug-likeness (QED) is 0.827. The fourth-order valence-electron chi connectivity index (χ4n) is 2.18. The van der Waals surface area contributed by atoms with Crippen molar-refractivity contribution in [3.63, 3.8) is 0 Å². The van der Waals surface area contributed by atoms with Gasteiger partial charge in [-0.15, -0.1) is 0 Å². The van der Waals surface area contributed by atoms with Crippen molar-refractivity contribution in [3.8, 4) is 5.75 Å². The summed E-state index contributed by atoms with van der Waals surface area (Å²) in [6.07, 6.45) is 0. The predicted octanol–water partition coefficient (Wildman–Crippen LogP) is 3.11. The van der Waals surface area contributed by atoms with E-state index in [2.05, 4.69) is 15.4 Å². The van der Waals surface area contributed by atoms with Crippen LogP contribution in [0.3, 0.4) is 0 Å². The zero-order chi connectivity index (χ0) is 17.5. The molecule has 0 fully saturated rings. The maximum Gasteiger partial charge on any atom is 0.337 e. The summed E-state index contributed by atoms with van der Waals surface area (Å²) in [4.78, 5) is 23.5. The number of carbonyl (C=O) groups excluding carboxylic acids is 2. The summed E-state index contributed by atoms with van der Waals surface area (Å²) in [7, 11) is 2.93. The minimum Gasteiger partial charge on any atom is -0.497 e. The lowest BCUT2D eigenvalue weighted by atomic mass is 10.1. The molecule has 126 valence electrons. The molecule has 2 N–H and O–H groups in total. The van der Waals surface area contributed by atoms with Crippen molar-refractivity contribution in [2.45, 2.75) is 13.5 Å². The van der Waals surface area contributed by atoms with Gasteiger partial charge in [0.2, 0.25) is 0 Å². The van der Waals surface area contributed by atoms with Gasteiger partial charge in [0.25, 0.3) is 0 Å². The predicted molar refractivity (Wildman–Crippen MR) is 91.4 cm³/mol. The number of hydrogen-bond donors (Lipinski definition) is 2. The first-order chi connectivity index (χ1) is 11.5. The van der Waals surface area contributed by atoms with Crippen LogP contribution in [0.4, 0.5) is 10.5 Å². The number of hydrogen-bond acceptors (Lipinski definition) is 4. The lowest BCUT2D eigenvalue weighted by Crippen LogP contribution is -2.28. The molecule has 0 bridgehead atoms. The van der Waals surface area contributed by atoms with Gasteiger partial charge in [0.1, 0.15) is 5.75 Å². The van der Waals surface area contributed by atoms with Crippen LogP contribution in [0.5, 0.6) is 5.75 Å². The monoisotopic (exact) mass is 328 g/mol. The molecule has 2 aromatic rings. The van der Waals surface area contributed by atoms with Crippen LogP contribution < -0.4 is 15.4 Å². The van der Waals surface area contributed by atoms with Gasteiger partial charge in [-0.2, -0.15) is 0 Å². The Kier molecular flexibility index (Phi) is 5.78. The van der Waals surface area contributed by atoms with E-state index in [1.165, 1.54) is 7.11 Å². The molecule has 24 heavy (non-hydrogen) atoms. The van der Waals surface area contributed by atoms with E-state index in [9.17, 15) is 9.59 Å². The van der Waals surface area contributed by atoms with E-state index in [1.807, 2.05) is 31.2 Å². The van der Waals surface area contributed by atoms with Crippen molar-refractivity contribution < 1.29 is 19.1 Å². The molecular formula is C18H20N2O4. The Morgan fingerprint density at radius 3 is 2.54 bits per heavy atom. The number of amides is 2. The van der Waals surface area contributed by atoms with Gasteiger partial charge in [-0.3, -0.25) is 0 Å². The van der Waals surface area contributed by atoms with E-state index in [-0.39, 0.29) is 6.03 Å². The standard InChI is InChI=1S/C18H20N2O4/c1-12-9-14(17(21)24-3)7-8-16(12)20-18(22)19-11-13-5-4-6-15(10-13)23-2/h4-10H,11H2,1-3H3,(H2,19,20,22). The number of ether oxygens (including phenoxy) is 2. The van der Waals surface area contributed by atoms with Gasteiger partial charge in [-0.05, 0) is 48.4 Å². The van der Waals surface area contributed by atoms with E-state index >= 15 is 0 Å². The van der Waals surface area contributed by atoms with Crippen LogP contribution in [-0.4, -0.2) is 26.2 Å². The second-order valence-corrected chi connectivity index (χ2v) is 5.18. The van der Waals surface area contributed by atoms with E-state index in [0.29, 0.717) is 17.8 Å². The highest BCUT2D eigenvalue weighted by Crippen LogP contribution is 2.17. The van der Waals surface area contributed by atoms with E-state index < -0.39 is 5.97 Å². The number of esters is 1. The molecule has 0 saturated carbocycles. The summed E-state index contributed by atoms with van der Waals surface area (Å²) >= 11 is 0. The summed E-state index contributed by atoms with van der Waals surface area (Å²) in [5.74, 6) is 0.330. The summed E-state index contributed by atoms with van der Waals surface area (Å²) in [5.41, 5.74) is 2.78. The number of urea groups is 1. The number of aryl methyl sites for hydroxylation is 1. The van der Waals surface area contributed by atoms with E-state index in [0.717, 1.165) is 16.9 Å². The zero-order valence-electron chi connectivity index (χ0n) is 13.9. The Morgan fingerprint density at radius 2 is 1.88 bits per heavy atom. The van der Waals surface area contributed by atoms with Crippen molar-refractivity contribution in [2.24, 2.45) is 0 Å². The second kappa shape index (κ2) is 8.01. The average molecular weight is 328 g/mol. The van der Waals surface area contributed by atoms with E-state index in [4.69, 9.17) is 4.74 Å². The van der Waals surface area contributed by atoms with Gasteiger partial charge in [0.15, 0.2) is 0 Å². The summed E-state index contributed by atoms with van der Waals surface area (Å²) in [6, 6.07) is 12.1. The van der Waals surface area contributed by atoms with Crippen LogP contribution >= 0.6 is 0 Å². The normalized spacial score (nSPS) is 9.96. The van der Waals surface area contributed by atoms with Gasteiger partial charge < -0.3 is 20.1 Å². The third kappa shape index (κ3) is 4.49. The fourth-order valence-corrected chi connectivity index (χ4v) is 2.18. The Morgan fingerprint density at radius 1 is 1.08 bits per heavy atom. The lowest BCUT2D eigenvalue weighted by Gasteiger charge is -2.11. The molecule has 0 aliphatic carbocycles. The number of carbonyl (C=O) groups is 2. The maximum atomic E-state index is 12.0. The smallest absolute Gasteiger partial charge is 0.337 e. The molecule has 6 heteroatoms. The average Bonchev–Trinajstić information content (AvgIpc) is 2.61. The Balaban J connectivity index is 1.95. The molecule has 0 aromatic heterocycles. The summed E-state index contributed by atoms with van der Waals surface area (Å²) in [5, 5.41) is 5.54. The van der Waals surface area contributed by atoms with Gasteiger partial charge in [0, 0.05) is 12.2 Å². The minimum atomic E-state index is -0.410. The van der Waals surface area contributed by atoms with Crippen molar-refractivity contribution in [1.82, 2.24) is 5.32 Å². The molecule has 0 saturated heterocycles. The maximum absolute atomic E-state index is 12.0. The summed E-state index contributed by atoms with van der Waals surface area (Å²) in [6.45, 7) is 2.19. The van der Waals surface area contributed by atoms with Crippen molar-refractivity contribution in [2.75, 3.05) is 19.5 Å². The molecule has 0 spiro atoms. The van der Waals surface area contributed by atoms with Crippen LogP contribution in [0, 0.1) is 6.92 Å². The van der Waals surface area contributed by atoms with Crippen molar-refractivity contribution in [1.29, 1.82) is 0 Å². The number of anilines is 1. The largest absolute Gasteiger partial charge is 0.497 e. The molecule has 2 aromatic carbocycles. The Bertz CT molecular complexity index is 744. The number of rotatable bonds is 5.